The summed E-state index contributed by atoms with van der Waals surface area (Å²) in [5, 5.41) is 25.6. The molecule has 646 valence electrons. The van der Waals surface area contributed by atoms with Gasteiger partial charge in [0.1, 0.15) is 22.3 Å². The van der Waals surface area contributed by atoms with Gasteiger partial charge in [0.2, 0.25) is 0 Å². The monoisotopic (exact) mass is 1730 g/mol. The zero-order valence-electron chi connectivity index (χ0n) is 77.5. The van der Waals surface area contributed by atoms with Gasteiger partial charge in [-0.05, 0) is 237 Å². The summed E-state index contributed by atoms with van der Waals surface area (Å²) >= 11 is 1.89. The van der Waals surface area contributed by atoms with E-state index in [2.05, 4.69) is 476 Å². The molecular weight excluding hydrogens is 1630 g/mol. The fourth-order valence-electron chi connectivity index (χ4n) is 21.8. The number of rotatable bonds is 2. The van der Waals surface area contributed by atoms with Crippen LogP contribution in [0.3, 0.4) is 0 Å². The van der Waals surface area contributed by atoms with Gasteiger partial charge < -0.3 is 40.8 Å². The molecule has 132 heavy (non-hydrogen) atoms. The standard InChI is InChI=1S/2C28H24N2.2C22H19NO.C22H19NS/c1-28(2,3)30-25-16-10-8-14-21(25)23-17-26-22(18-27(23)30)20-13-7-9-15-24(20)29(26)19-11-5-4-6-12-19;1-28(2,3)30-25-16-10-8-14-21(25)23-18-17-22-20-13-7-9-15-24(20)29(26(22)27(23)30)19-11-5-4-6-12-19;1-22(2,3)23-17-10-6-4-9-16(17)20-18(23)13-12-15-14-8-5-7-11-19(14)24-21(15)20;2*1-22(2,3)23-18-10-6-4-8-14(18)16-13-21-17(12-19(16)23)15-9-5-7-11-20(15)24-21/h2*4-18H,1-3H3;3*4-13H,1-3H3. The number of fused-ring (bicyclic) bond motifs is 32. The van der Waals surface area contributed by atoms with Gasteiger partial charge in [0.05, 0.1) is 55.0 Å². The molecule has 0 aliphatic carbocycles. The molecule has 27 rings (SSSR count). The summed E-state index contributed by atoms with van der Waals surface area (Å²) in [5.41, 5.74) is 24.2. The lowest BCUT2D eigenvalue weighted by molar-refractivity contribution is 0.423. The van der Waals surface area contributed by atoms with Gasteiger partial charge in [-0.2, -0.15) is 0 Å². The van der Waals surface area contributed by atoms with E-state index in [1.54, 1.807) is 0 Å². The van der Waals surface area contributed by atoms with Gasteiger partial charge >= 0.3 is 0 Å². The van der Waals surface area contributed by atoms with Crippen LogP contribution < -0.4 is 0 Å². The largest absolute Gasteiger partial charge is 0.456 e. The van der Waals surface area contributed by atoms with E-state index in [9.17, 15) is 0 Å². The number of nitrogens with zero attached hydrogens (tertiary/aromatic N) is 7. The summed E-state index contributed by atoms with van der Waals surface area (Å²) in [5.74, 6) is 0. The summed E-state index contributed by atoms with van der Waals surface area (Å²) < 4.78 is 32.3. The Morgan fingerprint density at radius 3 is 1.02 bits per heavy atom. The lowest BCUT2D eigenvalue weighted by atomic mass is 10.1. The van der Waals surface area contributed by atoms with Crippen LogP contribution in [0.25, 0.3) is 228 Å². The fraction of sp³-hybridized carbons (Fsp3) is 0.164. The number of para-hydroxylation sites is 11. The molecule has 0 saturated heterocycles. The smallest absolute Gasteiger partial charge is 0.145 e. The maximum absolute atomic E-state index is 6.29. The van der Waals surface area contributed by atoms with E-state index in [0.717, 1.165) is 22.3 Å². The molecule has 0 saturated carbocycles. The molecule has 0 spiro atoms. The van der Waals surface area contributed by atoms with Crippen molar-refractivity contribution in [1.82, 2.24) is 32.0 Å². The lowest BCUT2D eigenvalue weighted by Gasteiger charge is -2.25. The molecule has 0 atom stereocenters. The molecule has 9 nitrogen and oxygen atoms in total. The second kappa shape index (κ2) is 30.4. The number of benzene rings is 17. The van der Waals surface area contributed by atoms with E-state index in [4.69, 9.17) is 8.83 Å². The molecule has 0 bridgehead atoms. The van der Waals surface area contributed by atoms with Gasteiger partial charge in [0.15, 0.2) is 0 Å². The van der Waals surface area contributed by atoms with Crippen LogP contribution in [-0.2, 0) is 27.7 Å². The van der Waals surface area contributed by atoms with Crippen LogP contribution in [0.2, 0.25) is 0 Å². The van der Waals surface area contributed by atoms with Crippen LogP contribution >= 0.6 is 11.3 Å². The zero-order chi connectivity index (χ0) is 90.3. The van der Waals surface area contributed by atoms with Crippen molar-refractivity contribution >= 4 is 228 Å². The molecule has 10 heteroatoms. The van der Waals surface area contributed by atoms with Crippen molar-refractivity contribution in [2.75, 3.05) is 0 Å². The Morgan fingerprint density at radius 2 is 0.508 bits per heavy atom. The van der Waals surface area contributed by atoms with Crippen molar-refractivity contribution in [2.24, 2.45) is 0 Å². The normalized spacial score (nSPS) is 12.7. The topological polar surface area (TPSA) is 60.8 Å². The SMILES string of the molecule is CC(C)(C)n1c2ccccc2c2c3oc4ccccc4c3ccc21.CC(C)(C)n1c2ccccc2c2cc3c(cc21)c1ccccc1n3-c1ccccc1.CC(C)(C)n1c2ccccc2c2cc3oc4ccccc4c3cc21.CC(C)(C)n1c2ccccc2c2cc3sc4ccccc4c3cc21.CC(C)(C)n1c2ccccc2c2ccc3c4ccccc4n(-c4ccccc4)c3c21. The predicted molar refractivity (Wildman–Crippen MR) is 568 cm³/mol. The molecule has 10 aromatic heterocycles. The van der Waals surface area contributed by atoms with Crippen molar-refractivity contribution in [3.8, 4) is 11.4 Å². The van der Waals surface area contributed by atoms with Crippen LogP contribution in [0.1, 0.15) is 104 Å². The van der Waals surface area contributed by atoms with Gasteiger partial charge in [-0.1, -0.05) is 231 Å². The maximum atomic E-state index is 6.29. The third kappa shape index (κ3) is 13.0. The number of hydrogen-bond acceptors (Lipinski definition) is 3. The molecule has 27 aromatic rings. The van der Waals surface area contributed by atoms with Crippen molar-refractivity contribution in [2.45, 2.75) is 132 Å². The quantitative estimate of drug-likeness (QED) is 0.173. The molecule has 0 amide bonds. The highest BCUT2D eigenvalue weighted by Gasteiger charge is 2.30. The van der Waals surface area contributed by atoms with E-state index in [0.29, 0.717) is 0 Å². The summed E-state index contributed by atoms with van der Waals surface area (Å²) in [6.45, 7) is 34.2. The Labute approximate surface area is 770 Å². The number of aromatic nitrogens is 7. The van der Waals surface area contributed by atoms with Crippen LogP contribution in [0.4, 0.5) is 0 Å². The van der Waals surface area contributed by atoms with Gasteiger partial charge in [0.25, 0.3) is 0 Å². The Hall–Kier alpha value is -14.8. The first-order valence-electron chi connectivity index (χ1n) is 46.3. The van der Waals surface area contributed by atoms with Gasteiger partial charge in [-0.25, -0.2) is 0 Å². The predicted octanol–water partition coefficient (Wildman–Crippen LogP) is 35.1. The average molecular weight is 1730 g/mol. The number of furan rings is 2. The Morgan fingerprint density at radius 1 is 0.182 bits per heavy atom. The summed E-state index contributed by atoms with van der Waals surface area (Å²) in [6, 6.07) is 131. The number of hydrogen-bond donors (Lipinski definition) is 0. The highest BCUT2D eigenvalue weighted by molar-refractivity contribution is 7.25. The minimum Gasteiger partial charge on any atom is -0.456 e. The molecular formula is C122H105N7O2S. The van der Waals surface area contributed by atoms with E-state index in [-0.39, 0.29) is 27.7 Å². The van der Waals surface area contributed by atoms with Crippen molar-refractivity contribution in [1.29, 1.82) is 0 Å². The van der Waals surface area contributed by atoms with Crippen LogP contribution in [0, 0.1) is 0 Å². The minimum atomic E-state index is -0.0480. The van der Waals surface area contributed by atoms with Crippen molar-refractivity contribution in [3.63, 3.8) is 0 Å². The Kier molecular flexibility index (Phi) is 18.8. The molecule has 0 radical (unpaired) electrons. The second-order valence-electron chi connectivity index (χ2n) is 40.6. The Balaban J connectivity index is 0.0000000939. The van der Waals surface area contributed by atoms with Crippen LogP contribution in [0.15, 0.2) is 373 Å². The van der Waals surface area contributed by atoms with Crippen LogP contribution in [0.5, 0.6) is 0 Å². The van der Waals surface area contributed by atoms with Crippen LogP contribution in [-0.4, -0.2) is 32.0 Å². The summed E-state index contributed by atoms with van der Waals surface area (Å²) in [4.78, 5) is 0. The molecule has 17 aromatic carbocycles. The minimum absolute atomic E-state index is 0.00104. The van der Waals surface area contributed by atoms with Gasteiger partial charge in [0, 0.05) is 178 Å². The van der Waals surface area contributed by atoms with E-state index < -0.39 is 0 Å². The van der Waals surface area contributed by atoms with E-state index in [1.165, 1.54) is 206 Å². The maximum Gasteiger partial charge on any atom is 0.145 e. The third-order valence-electron chi connectivity index (χ3n) is 26.8. The third-order valence-corrected chi connectivity index (χ3v) is 28.0. The highest BCUT2D eigenvalue weighted by atomic mass is 32.1. The Bertz CT molecular complexity index is 9090. The molecule has 0 fully saturated rings. The molecule has 0 aliphatic heterocycles. The molecule has 10 heterocycles. The van der Waals surface area contributed by atoms with Crippen molar-refractivity contribution < 1.29 is 8.83 Å². The zero-order valence-corrected chi connectivity index (χ0v) is 78.3. The van der Waals surface area contributed by atoms with Gasteiger partial charge in [-0.3, -0.25) is 0 Å². The fourth-order valence-corrected chi connectivity index (χ4v) is 23.0. The summed E-state index contributed by atoms with van der Waals surface area (Å²) in [6.07, 6.45) is 0. The highest BCUT2D eigenvalue weighted by Crippen LogP contribution is 2.49. The van der Waals surface area contributed by atoms with Crippen molar-refractivity contribution in [3.05, 3.63) is 364 Å². The first-order chi connectivity index (χ1) is 63.7. The first kappa shape index (κ1) is 81.6. The second-order valence-corrected chi connectivity index (χ2v) is 41.7. The molecule has 0 unspecified atom stereocenters. The molecule has 0 N–H and O–H groups in total. The average Bonchev–Trinajstić information content (AvgIpc) is 1.54. The van der Waals surface area contributed by atoms with E-state index >= 15 is 0 Å². The lowest BCUT2D eigenvalue weighted by Crippen LogP contribution is -2.21. The summed E-state index contributed by atoms with van der Waals surface area (Å²) in [7, 11) is 0. The van der Waals surface area contributed by atoms with Gasteiger partial charge in [-0.15, -0.1) is 11.3 Å². The first-order valence-corrected chi connectivity index (χ1v) is 47.1. The number of thiophene rings is 1. The van der Waals surface area contributed by atoms with E-state index in [1.807, 2.05) is 35.6 Å². The molecule has 0 aliphatic rings.